The van der Waals surface area contributed by atoms with Gasteiger partial charge in [-0.1, -0.05) is 54.6 Å². The SMILES string of the molecule is CNCc1ccccc1COCc1ccccc1. The Morgan fingerprint density at radius 3 is 2.22 bits per heavy atom. The van der Waals surface area contributed by atoms with E-state index in [4.69, 9.17) is 4.74 Å². The minimum atomic E-state index is 0.659. The highest BCUT2D eigenvalue weighted by molar-refractivity contribution is 5.26. The van der Waals surface area contributed by atoms with Crippen LogP contribution in [0.2, 0.25) is 0 Å². The van der Waals surface area contributed by atoms with E-state index in [0.717, 1.165) is 6.54 Å². The molecular formula is C16H19NO. The van der Waals surface area contributed by atoms with Gasteiger partial charge in [0.2, 0.25) is 0 Å². The van der Waals surface area contributed by atoms with Crippen molar-refractivity contribution in [3.05, 3.63) is 71.3 Å². The first-order valence-electron chi connectivity index (χ1n) is 6.23. The van der Waals surface area contributed by atoms with Crippen LogP contribution in [0, 0.1) is 0 Å². The van der Waals surface area contributed by atoms with Crippen molar-refractivity contribution >= 4 is 0 Å². The second-order valence-corrected chi connectivity index (χ2v) is 4.28. The standard InChI is InChI=1S/C16H19NO/c1-17-11-15-9-5-6-10-16(15)13-18-12-14-7-3-2-4-8-14/h2-10,17H,11-13H2,1H3. The lowest BCUT2D eigenvalue weighted by Crippen LogP contribution is -2.08. The smallest absolute Gasteiger partial charge is 0.0724 e. The molecule has 0 fully saturated rings. The normalized spacial score (nSPS) is 10.5. The predicted molar refractivity (Wildman–Crippen MR) is 74.1 cm³/mol. The minimum absolute atomic E-state index is 0.659. The molecule has 0 heterocycles. The van der Waals surface area contributed by atoms with Crippen molar-refractivity contribution in [1.82, 2.24) is 5.32 Å². The Hall–Kier alpha value is -1.64. The second kappa shape index (κ2) is 6.94. The van der Waals surface area contributed by atoms with Gasteiger partial charge in [0.1, 0.15) is 0 Å². The molecule has 94 valence electrons. The predicted octanol–water partition coefficient (Wildman–Crippen LogP) is 3.12. The zero-order chi connectivity index (χ0) is 12.6. The molecule has 0 amide bonds. The Bertz CT molecular complexity index is 468. The van der Waals surface area contributed by atoms with E-state index in [0.29, 0.717) is 13.2 Å². The van der Waals surface area contributed by atoms with Gasteiger partial charge >= 0.3 is 0 Å². The summed E-state index contributed by atoms with van der Waals surface area (Å²) >= 11 is 0. The second-order valence-electron chi connectivity index (χ2n) is 4.28. The highest BCUT2D eigenvalue weighted by Crippen LogP contribution is 2.11. The first-order chi connectivity index (χ1) is 8.90. The maximum atomic E-state index is 5.76. The van der Waals surface area contributed by atoms with Crippen molar-refractivity contribution in [1.29, 1.82) is 0 Å². The Labute approximate surface area is 109 Å². The quantitative estimate of drug-likeness (QED) is 0.839. The van der Waals surface area contributed by atoms with E-state index in [-0.39, 0.29) is 0 Å². The summed E-state index contributed by atoms with van der Waals surface area (Å²) in [6, 6.07) is 18.6. The molecule has 0 aliphatic heterocycles. The van der Waals surface area contributed by atoms with Crippen LogP contribution in [-0.2, 0) is 24.5 Å². The molecule has 0 atom stereocenters. The van der Waals surface area contributed by atoms with Crippen LogP contribution >= 0.6 is 0 Å². The van der Waals surface area contributed by atoms with E-state index in [9.17, 15) is 0 Å². The average molecular weight is 241 g/mol. The molecule has 0 aliphatic rings. The summed E-state index contributed by atoms with van der Waals surface area (Å²) in [7, 11) is 1.96. The van der Waals surface area contributed by atoms with Crippen molar-refractivity contribution in [3.8, 4) is 0 Å². The van der Waals surface area contributed by atoms with Gasteiger partial charge in [0, 0.05) is 6.54 Å². The molecule has 0 aromatic heterocycles. The molecule has 0 spiro atoms. The first kappa shape index (κ1) is 12.8. The molecule has 18 heavy (non-hydrogen) atoms. The van der Waals surface area contributed by atoms with E-state index in [1.165, 1.54) is 16.7 Å². The third kappa shape index (κ3) is 3.69. The van der Waals surface area contributed by atoms with Gasteiger partial charge in [-0.25, -0.2) is 0 Å². The molecule has 0 bridgehead atoms. The van der Waals surface area contributed by atoms with Gasteiger partial charge in [-0.05, 0) is 23.7 Å². The molecule has 0 unspecified atom stereocenters. The fourth-order valence-electron chi connectivity index (χ4n) is 1.91. The van der Waals surface area contributed by atoms with Crippen LogP contribution in [-0.4, -0.2) is 7.05 Å². The summed E-state index contributed by atoms with van der Waals surface area (Å²) in [5.41, 5.74) is 3.76. The van der Waals surface area contributed by atoms with Gasteiger partial charge in [0.25, 0.3) is 0 Å². The lowest BCUT2D eigenvalue weighted by atomic mass is 10.1. The summed E-state index contributed by atoms with van der Waals surface area (Å²) in [5.74, 6) is 0. The van der Waals surface area contributed by atoms with Crippen molar-refractivity contribution in [3.63, 3.8) is 0 Å². The molecule has 2 aromatic carbocycles. The highest BCUT2D eigenvalue weighted by Gasteiger charge is 2.01. The highest BCUT2D eigenvalue weighted by atomic mass is 16.5. The number of ether oxygens (including phenoxy) is 1. The summed E-state index contributed by atoms with van der Waals surface area (Å²) < 4.78 is 5.76. The van der Waals surface area contributed by atoms with Crippen LogP contribution in [0.1, 0.15) is 16.7 Å². The lowest BCUT2D eigenvalue weighted by molar-refractivity contribution is 0.106. The summed E-state index contributed by atoms with van der Waals surface area (Å²) in [5, 5.41) is 3.18. The Morgan fingerprint density at radius 1 is 0.833 bits per heavy atom. The summed E-state index contributed by atoms with van der Waals surface area (Å²) in [6.07, 6.45) is 0. The fraction of sp³-hybridized carbons (Fsp3) is 0.250. The topological polar surface area (TPSA) is 21.3 Å². The third-order valence-electron chi connectivity index (χ3n) is 2.85. The molecule has 0 saturated carbocycles. The van der Waals surface area contributed by atoms with Crippen LogP contribution in [0.4, 0.5) is 0 Å². The monoisotopic (exact) mass is 241 g/mol. The lowest BCUT2D eigenvalue weighted by Gasteiger charge is -2.09. The zero-order valence-electron chi connectivity index (χ0n) is 10.7. The summed E-state index contributed by atoms with van der Waals surface area (Å²) in [4.78, 5) is 0. The van der Waals surface area contributed by atoms with Crippen molar-refractivity contribution in [2.24, 2.45) is 0 Å². The Balaban J connectivity index is 1.90. The molecule has 0 radical (unpaired) electrons. The van der Waals surface area contributed by atoms with E-state index in [1.54, 1.807) is 0 Å². The number of nitrogens with one attached hydrogen (secondary N) is 1. The van der Waals surface area contributed by atoms with E-state index in [2.05, 4.69) is 41.7 Å². The van der Waals surface area contributed by atoms with Gasteiger partial charge < -0.3 is 10.1 Å². The van der Waals surface area contributed by atoms with Gasteiger partial charge in [0.05, 0.1) is 13.2 Å². The zero-order valence-corrected chi connectivity index (χ0v) is 10.7. The largest absolute Gasteiger partial charge is 0.372 e. The van der Waals surface area contributed by atoms with Crippen LogP contribution in [0.3, 0.4) is 0 Å². The third-order valence-corrected chi connectivity index (χ3v) is 2.85. The Kier molecular flexibility index (Phi) is 4.94. The van der Waals surface area contributed by atoms with Crippen molar-refractivity contribution in [2.75, 3.05) is 7.05 Å². The molecule has 2 rings (SSSR count). The van der Waals surface area contributed by atoms with Crippen LogP contribution in [0.25, 0.3) is 0 Å². The molecular weight excluding hydrogens is 222 g/mol. The van der Waals surface area contributed by atoms with Gasteiger partial charge in [-0.2, -0.15) is 0 Å². The van der Waals surface area contributed by atoms with Gasteiger partial charge in [-0.15, -0.1) is 0 Å². The molecule has 2 aromatic rings. The molecule has 2 nitrogen and oxygen atoms in total. The van der Waals surface area contributed by atoms with Gasteiger partial charge in [-0.3, -0.25) is 0 Å². The minimum Gasteiger partial charge on any atom is -0.372 e. The van der Waals surface area contributed by atoms with Crippen LogP contribution in [0.15, 0.2) is 54.6 Å². The van der Waals surface area contributed by atoms with Crippen LogP contribution < -0.4 is 5.32 Å². The maximum absolute atomic E-state index is 5.76. The van der Waals surface area contributed by atoms with Gasteiger partial charge in [0.15, 0.2) is 0 Å². The van der Waals surface area contributed by atoms with Crippen LogP contribution in [0.5, 0.6) is 0 Å². The molecule has 0 aliphatic carbocycles. The number of hydrogen-bond donors (Lipinski definition) is 1. The summed E-state index contributed by atoms with van der Waals surface area (Å²) in [6.45, 7) is 2.20. The maximum Gasteiger partial charge on any atom is 0.0724 e. The van der Waals surface area contributed by atoms with E-state index in [1.807, 2.05) is 25.2 Å². The first-order valence-corrected chi connectivity index (χ1v) is 6.23. The van der Waals surface area contributed by atoms with Crippen molar-refractivity contribution in [2.45, 2.75) is 19.8 Å². The fourth-order valence-corrected chi connectivity index (χ4v) is 1.91. The van der Waals surface area contributed by atoms with Crippen molar-refractivity contribution < 1.29 is 4.74 Å². The number of hydrogen-bond acceptors (Lipinski definition) is 2. The molecule has 1 N–H and O–H groups in total. The number of benzene rings is 2. The average Bonchev–Trinajstić information content (AvgIpc) is 2.42. The molecule has 2 heteroatoms. The van der Waals surface area contributed by atoms with E-state index >= 15 is 0 Å². The van der Waals surface area contributed by atoms with E-state index < -0.39 is 0 Å². The molecule has 0 saturated heterocycles. The number of rotatable bonds is 6. The Morgan fingerprint density at radius 2 is 1.50 bits per heavy atom.